The molecule has 3 aliphatic rings. The van der Waals surface area contributed by atoms with E-state index in [1.54, 1.807) is 0 Å². The quantitative estimate of drug-likeness (QED) is 0.891. The average molecular weight is 307 g/mol. The molecule has 1 aromatic heterocycles. The number of hydrogen-bond acceptors (Lipinski definition) is 5. The van der Waals surface area contributed by atoms with Gasteiger partial charge in [-0.3, -0.25) is 0 Å². The Labute approximate surface area is 131 Å². The Morgan fingerprint density at radius 2 is 2.23 bits per heavy atom. The van der Waals surface area contributed by atoms with Gasteiger partial charge in [0, 0.05) is 38.8 Å². The molecule has 4 rings (SSSR count). The van der Waals surface area contributed by atoms with Gasteiger partial charge in [0.2, 0.25) is 0 Å². The molecule has 1 N–H and O–H groups in total. The Hall–Kier alpha value is -0.950. The SMILES string of the molecule is Cn1ccnc1[C@@H](NC[C@H]1COC2(CCOCC2)O1)C1CC1. The van der Waals surface area contributed by atoms with E-state index in [-0.39, 0.29) is 11.9 Å². The second-order valence-electron chi connectivity index (χ2n) is 6.69. The van der Waals surface area contributed by atoms with E-state index in [1.165, 1.54) is 12.8 Å². The summed E-state index contributed by atoms with van der Waals surface area (Å²) in [5, 5.41) is 3.67. The summed E-state index contributed by atoms with van der Waals surface area (Å²) in [7, 11) is 2.06. The number of nitrogens with zero attached hydrogens (tertiary/aromatic N) is 2. The molecule has 3 heterocycles. The van der Waals surface area contributed by atoms with Gasteiger partial charge in [0.1, 0.15) is 5.82 Å². The van der Waals surface area contributed by atoms with E-state index in [4.69, 9.17) is 14.2 Å². The molecule has 1 aliphatic carbocycles. The molecule has 22 heavy (non-hydrogen) atoms. The van der Waals surface area contributed by atoms with Crippen LogP contribution >= 0.6 is 0 Å². The number of aromatic nitrogens is 2. The summed E-state index contributed by atoms with van der Waals surface area (Å²) in [5.41, 5.74) is 0. The fourth-order valence-corrected chi connectivity index (χ4v) is 3.50. The Morgan fingerprint density at radius 3 is 2.91 bits per heavy atom. The zero-order valence-electron chi connectivity index (χ0n) is 13.2. The van der Waals surface area contributed by atoms with E-state index in [1.807, 2.05) is 12.4 Å². The van der Waals surface area contributed by atoms with Gasteiger partial charge in [-0.05, 0) is 18.8 Å². The Bertz CT molecular complexity index is 508. The largest absolute Gasteiger partial charge is 0.381 e. The topological polar surface area (TPSA) is 57.5 Å². The lowest BCUT2D eigenvalue weighted by Gasteiger charge is -2.31. The first-order valence-corrected chi connectivity index (χ1v) is 8.36. The smallest absolute Gasteiger partial charge is 0.173 e. The lowest BCUT2D eigenvalue weighted by Crippen LogP contribution is -2.39. The van der Waals surface area contributed by atoms with Crippen molar-refractivity contribution in [3.63, 3.8) is 0 Å². The van der Waals surface area contributed by atoms with Crippen LogP contribution in [0.2, 0.25) is 0 Å². The second kappa shape index (κ2) is 5.92. The molecule has 1 spiro atoms. The highest BCUT2D eigenvalue weighted by molar-refractivity contribution is 5.04. The van der Waals surface area contributed by atoms with Crippen LogP contribution in [0.25, 0.3) is 0 Å². The maximum atomic E-state index is 6.20. The van der Waals surface area contributed by atoms with Gasteiger partial charge < -0.3 is 24.1 Å². The van der Waals surface area contributed by atoms with Gasteiger partial charge in [-0.25, -0.2) is 4.98 Å². The van der Waals surface area contributed by atoms with Crippen LogP contribution in [0.15, 0.2) is 12.4 Å². The van der Waals surface area contributed by atoms with Crippen LogP contribution in [0.5, 0.6) is 0 Å². The first kappa shape index (κ1) is 14.6. The molecule has 0 unspecified atom stereocenters. The van der Waals surface area contributed by atoms with Gasteiger partial charge in [-0.1, -0.05) is 0 Å². The summed E-state index contributed by atoms with van der Waals surface area (Å²) in [4.78, 5) is 4.52. The molecule has 2 aliphatic heterocycles. The highest BCUT2D eigenvalue weighted by Gasteiger charge is 2.43. The number of ether oxygens (including phenoxy) is 3. The molecule has 1 saturated carbocycles. The molecule has 2 saturated heterocycles. The van der Waals surface area contributed by atoms with Crippen LogP contribution in [0.4, 0.5) is 0 Å². The van der Waals surface area contributed by atoms with E-state index >= 15 is 0 Å². The van der Waals surface area contributed by atoms with Gasteiger partial charge in [-0.15, -0.1) is 0 Å². The molecular weight excluding hydrogens is 282 g/mol. The van der Waals surface area contributed by atoms with E-state index in [9.17, 15) is 0 Å². The van der Waals surface area contributed by atoms with Crippen molar-refractivity contribution in [1.82, 2.24) is 14.9 Å². The van der Waals surface area contributed by atoms with Crippen molar-refractivity contribution in [2.24, 2.45) is 13.0 Å². The van der Waals surface area contributed by atoms with Crippen molar-refractivity contribution in [3.8, 4) is 0 Å². The van der Waals surface area contributed by atoms with Gasteiger partial charge >= 0.3 is 0 Å². The number of rotatable bonds is 5. The summed E-state index contributed by atoms with van der Waals surface area (Å²) in [6, 6.07) is 0.329. The third kappa shape index (κ3) is 2.93. The fraction of sp³-hybridized carbons (Fsp3) is 0.812. The highest BCUT2D eigenvalue weighted by Crippen LogP contribution is 2.40. The van der Waals surface area contributed by atoms with Crippen molar-refractivity contribution in [3.05, 3.63) is 18.2 Å². The number of aryl methyl sites for hydroxylation is 1. The number of nitrogens with one attached hydrogen (secondary N) is 1. The summed E-state index contributed by atoms with van der Waals surface area (Å²) in [5.74, 6) is 1.45. The van der Waals surface area contributed by atoms with Crippen LogP contribution in [-0.4, -0.2) is 47.8 Å². The first-order valence-electron chi connectivity index (χ1n) is 8.36. The predicted molar refractivity (Wildman–Crippen MR) is 80.3 cm³/mol. The van der Waals surface area contributed by atoms with Crippen LogP contribution in [0, 0.1) is 5.92 Å². The third-order valence-corrected chi connectivity index (χ3v) is 4.96. The van der Waals surface area contributed by atoms with Crippen LogP contribution in [-0.2, 0) is 21.3 Å². The second-order valence-corrected chi connectivity index (χ2v) is 6.69. The molecule has 6 nitrogen and oxygen atoms in total. The Kier molecular flexibility index (Phi) is 3.94. The van der Waals surface area contributed by atoms with Gasteiger partial charge in [0.05, 0.1) is 32.0 Å². The van der Waals surface area contributed by atoms with Crippen molar-refractivity contribution in [2.75, 3.05) is 26.4 Å². The lowest BCUT2D eigenvalue weighted by atomic mass is 10.1. The Morgan fingerprint density at radius 1 is 1.41 bits per heavy atom. The molecule has 122 valence electrons. The first-order chi connectivity index (χ1) is 10.8. The van der Waals surface area contributed by atoms with Crippen molar-refractivity contribution in [1.29, 1.82) is 0 Å². The maximum Gasteiger partial charge on any atom is 0.173 e. The van der Waals surface area contributed by atoms with E-state index in [0.29, 0.717) is 18.6 Å². The minimum absolute atomic E-state index is 0.125. The van der Waals surface area contributed by atoms with Crippen molar-refractivity contribution in [2.45, 2.75) is 43.6 Å². The monoisotopic (exact) mass is 307 g/mol. The molecule has 6 heteroatoms. The molecule has 0 bridgehead atoms. The molecule has 0 radical (unpaired) electrons. The lowest BCUT2D eigenvalue weighted by molar-refractivity contribution is -0.210. The number of imidazole rings is 1. The van der Waals surface area contributed by atoms with Crippen LogP contribution in [0.3, 0.4) is 0 Å². The van der Waals surface area contributed by atoms with Gasteiger partial charge in [0.25, 0.3) is 0 Å². The van der Waals surface area contributed by atoms with E-state index in [0.717, 1.165) is 38.4 Å². The van der Waals surface area contributed by atoms with E-state index < -0.39 is 0 Å². The van der Waals surface area contributed by atoms with Crippen molar-refractivity contribution >= 4 is 0 Å². The van der Waals surface area contributed by atoms with E-state index in [2.05, 4.69) is 21.9 Å². The maximum absolute atomic E-state index is 6.20. The predicted octanol–water partition coefficient (Wildman–Crippen LogP) is 1.38. The molecule has 2 atom stereocenters. The zero-order chi connectivity index (χ0) is 15.0. The minimum atomic E-state index is -0.386. The summed E-state index contributed by atoms with van der Waals surface area (Å²) in [6.45, 7) is 2.96. The highest BCUT2D eigenvalue weighted by atomic mass is 16.7. The average Bonchev–Trinajstić information content (AvgIpc) is 3.17. The Balaban J connectivity index is 1.35. The van der Waals surface area contributed by atoms with Crippen LogP contribution < -0.4 is 5.32 Å². The standard InChI is InChI=1S/C16H25N3O3/c1-19-7-6-17-15(19)14(12-2-3-12)18-10-13-11-21-16(22-13)4-8-20-9-5-16/h6-7,12-14,18H,2-5,8-11H2,1H3/t13-,14-/m0/s1. The van der Waals surface area contributed by atoms with Crippen molar-refractivity contribution < 1.29 is 14.2 Å². The molecule has 0 amide bonds. The van der Waals surface area contributed by atoms with Crippen LogP contribution in [0.1, 0.15) is 37.5 Å². The molecule has 1 aromatic rings. The normalized spacial score (nSPS) is 29.0. The summed E-state index contributed by atoms with van der Waals surface area (Å²) < 4.78 is 19.7. The van der Waals surface area contributed by atoms with Gasteiger partial charge in [0.15, 0.2) is 5.79 Å². The molecular formula is C16H25N3O3. The summed E-state index contributed by atoms with van der Waals surface area (Å²) >= 11 is 0. The third-order valence-electron chi connectivity index (χ3n) is 4.96. The zero-order valence-corrected chi connectivity index (χ0v) is 13.2. The number of hydrogen-bond donors (Lipinski definition) is 1. The fourth-order valence-electron chi connectivity index (χ4n) is 3.50. The molecule has 3 fully saturated rings. The van der Waals surface area contributed by atoms with Gasteiger partial charge in [-0.2, -0.15) is 0 Å². The summed E-state index contributed by atoms with van der Waals surface area (Å²) in [6.07, 6.45) is 8.27. The minimum Gasteiger partial charge on any atom is -0.381 e. The molecule has 0 aromatic carbocycles.